The SMILES string of the molecule is CCCn1nc(C)cc(C(N)c2cc(C)ccc2C)c1=O. The summed E-state index contributed by atoms with van der Waals surface area (Å²) < 4.78 is 1.52. The van der Waals surface area contributed by atoms with Gasteiger partial charge in [-0.1, -0.05) is 30.7 Å². The van der Waals surface area contributed by atoms with E-state index in [1.165, 1.54) is 4.68 Å². The lowest BCUT2D eigenvalue weighted by Crippen LogP contribution is -2.31. The van der Waals surface area contributed by atoms with Crippen molar-refractivity contribution < 1.29 is 0 Å². The maximum Gasteiger partial charge on any atom is 0.271 e. The predicted molar refractivity (Wildman–Crippen MR) is 85.5 cm³/mol. The van der Waals surface area contributed by atoms with Crippen LogP contribution in [0.2, 0.25) is 0 Å². The van der Waals surface area contributed by atoms with E-state index < -0.39 is 6.04 Å². The molecule has 2 rings (SSSR count). The van der Waals surface area contributed by atoms with Gasteiger partial charge in [0, 0.05) is 12.1 Å². The van der Waals surface area contributed by atoms with Crippen LogP contribution in [0, 0.1) is 20.8 Å². The van der Waals surface area contributed by atoms with Gasteiger partial charge in [0.15, 0.2) is 0 Å². The molecule has 0 saturated heterocycles. The Morgan fingerprint density at radius 2 is 1.90 bits per heavy atom. The van der Waals surface area contributed by atoms with Gasteiger partial charge in [-0.15, -0.1) is 0 Å². The minimum atomic E-state index is -0.415. The number of hydrogen-bond donors (Lipinski definition) is 1. The van der Waals surface area contributed by atoms with Gasteiger partial charge in [0.05, 0.1) is 11.7 Å². The van der Waals surface area contributed by atoms with Crippen molar-refractivity contribution in [2.45, 2.75) is 46.7 Å². The second-order valence-corrected chi connectivity index (χ2v) is 5.61. The van der Waals surface area contributed by atoms with E-state index in [1.54, 1.807) is 6.07 Å². The lowest BCUT2D eigenvalue weighted by atomic mass is 9.95. The van der Waals surface area contributed by atoms with Crippen molar-refractivity contribution >= 4 is 0 Å². The van der Waals surface area contributed by atoms with E-state index in [1.807, 2.05) is 33.8 Å². The van der Waals surface area contributed by atoms with Crippen LogP contribution in [0.5, 0.6) is 0 Å². The van der Waals surface area contributed by atoms with Crippen molar-refractivity contribution in [1.29, 1.82) is 0 Å². The highest BCUT2D eigenvalue weighted by molar-refractivity contribution is 5.38. The van der Waals surface area contributed by atoms with Crippen molar-refractivity contribution in [1.82, 2.24) is 9.78 Å². The molecule has 1 atom stereocenters. The summed E-state index contributed by atoms with van der Waals surface area (Å²) in [5.41, 5.74) is 11.0. The second kappa shape index (κ2) is 6.22. The molecule has 4 heteroatoms. The summed E-state index contributed by atoms with van der Waals surface area (Å²) in [5, 5.41) is 4.29. The zero-order valence-corrected chi connectivity index (χ0v) is 13.2. The largest absolute Gasteiger partial charge is 0.320 e. The van der Waals surface area contributed by atoms with E-state index in [2.05, 4.69) is 17.2 Å². The van der Waals surface area contributed by atoms with Crippen LogP contribution in [-0.4, -0.2) is 9.78 Å². The Kier molecular flexibility index (Phi) is 4.58. The Bertz CT molecular complexity index is 704. The number of benzene rings is 1. The van der Waals surface area contributed by atoms with E-state index in [4.69, 9.17) is 5.73 Å². The van der Waals surface area contributed by atoms with Crippen LogP contribution < -0.4 is 11.3 Å². The molecule has 0 amide bonds. The summed E-state index contributed by atoms with van der Waals surface area (Å²) in [5.74, 6) is 0. The van der Waals surface area contributed by atoms with Crippen LogP contribution in [0.1, 0.15) is 47.3 Å². The van der Waals surface area contributed by atoms with Crippen LogP contribution >= 0.6 is 0 Å². The van der Waals surface area contributed by atoms with Crippen LogP contribution in [0.4, 0.5) is 0 Å². The number of hydrogen-bond acceptors (Lipinski definition) is 3. The molecule has 0 spiro atoms. The molecule has 1 heterocycles. The molecule has 1 unspecified atom stereocenters. The van der Waals surface area contributed by atoms with Gasteiger partial charge in [0.1, 0.15) is 0 Å². The fraction of sp³-hybridized carbons (Fsp3) is 0.412. The summed E-state index contributed by atoms with van der Waals surface area (Å²) in [6.45, 7) is 8.59. The van der Waals surface area contributed by atoms with Crippen LogP contribution in [-0.2, 0) is 6.54 Å². The zero-order valence-electron chi connectivity index (χ0n) is 13.2. The average Bonchev–Trinajstić information content (AvgIpc) is 2.44. The summed E-state index contributed by atoms with van der Waals surface area (Å²) in [4.78, 5) is 12.5. The third-order valence-corrected chi connectivity index (χ3v) is 3.66. The van der Waals surface area contributed by atoms with Gasteiger partial charge < -0.3 is 5.73 Å². The Morgan fingerprint density at radius 1 is 1.19 bits per heavy atom. The Morgan fingerprint density at radius 3 is 2.57 bits per heavy atom. The van der Waals surface area contributed by atoms with Crippen molar-refractivity contribution in [2.24, 2.45) is 5.73 Å². The smallest absolute Gasteiger partial charge is 0.271 e. The van der Waals surface area contributed by atoms with Gasteiger partial charge in [-0.3, -0.25) is 4.79 Å². The molecule has 2 N–H and O–H groups in total. The van der Waals surface area contributed by atoms with Crippen molar-refractivity contribution in [2.75, 3.05) is 0 Å². The van der Waals surface area contributed by atoms with Crippen LogP contribution in [0.25, 0.3) is 0 Å². The maximum atomic E-state index is 12.5. The monoisotopic (exact) mass is 285 g/mol. The second-order valence-electron chi connectivity index (χ2n) is 5.61. The number of aryl methyl sites for hydroxylation is 4. The minimum absolute atomic E-state index is 0.0872. The van der Waals surface area contributed by atoms with E-state index in [0.29, 0.717) is 12.1 Å². The van der Waals surface area contributed by atoms with Crippen molar-refractivity contribution in [3.8, 4) is 0 Å². The molecule has 2 aromatic rings. The fourth-order valence-electron chi connectivity index (χ4n) is 2.55. The number of nitrogens with two attached hydrogens (primary N) is 1. The standard InChI is InChI=1S/C17H23N3O/c1-5-8-20-17(21)15(10-13(4)19-20)16(18)14-9-11(2)6-7-12(14)3/h6-7,9-10,16H,5,8,18H2,1-4H3. The molecule has 0 aliphatic carbocycles. The topological polar surface area (TPSA) is 60.9 Å². The molecule has 0 bridgehead atoms. The Labute approximate surface area is 125 Å². The summed E-state index contributed by atoms with van der Waals surface area (Å²) in [6.07, 6.45) is 0.870. The van der Waals surface area contributed by atoms with Crippen LogP contribution in [0.15, 0.2) is 29.1 Å². The van der Waals surface area contributed by atoms with E-state index >= 15 is 0 Å². The molecule has 0 saturated carbocycles. The minimum Gasteiger partial charge on any atom is -0.320 e. The molecule has 21 heavy (non-hydrogen) atoms. The summed E-state index contributed by atoms with van der Waals surface area (Å²) >= 11 is 0. The summed E-state index contributed by atoms with van der Waals surface area (Å²) in [7, 11) is 0. The normalized spacial score (nSPS) is 12.4. The predicted octanol–water partition coefficient (Wildman–Crippen LogP) is 2.63. The Hall–Kier alpha value is -1.94. The number of aromatic nitrogens is 2. The molecule has 1 aromatic carbocycles. The van der Waals surface area contributed by atoms with E-state index in [-0.39, 0.29) is 5.56 Å². The molecular formula is C17H23N3O. The Balaban J connectivity index is 2.55. The molecular weight excluding hydrogens is 262 g/mol. The van der Waals surface area contributed by atoms with Crippen LogP contribution in [0.3, 0.4) is 0 Å². The first kappa shape index (κ1) is 15.4. The summed E-state index contributed by atoms with van der Waals surface area (Å²) in [6, 6.07) is 7.55. The first-order valence-corrected chi connectivity index (χ1v) is 7.35. The van der Waals surface area contributed by atoms with Crippen molar-refractivity contribution in [3.05, 3.63) is 62.6 Å². The molecule has 0 aliphatic heterocycles. The number of nitrogens with zero attached hydrogens (tertiary/aromatic N) is 2. The number of rotatable bonds is 4. The quantitative estimate of drug-likeness (QED) is 0.939. The third kappa shape index (κ3) is 3.22. The molecule has 0 aliphatic rings. The lowest BCUT2D eigenvalue weighted by Gasteiger charge is -2.17. The van der Waals surface area contributed by atoms with Gasteiger partial charge >= 0.3 is 0 Å². The lowest BCUT2D eigenvalue weighted by molar-refractivity contribution is 0.551. The fourth-order valence-corrected chi connectivity index (χ4v) is 2.55. The van der Waals surface area contributed by atoms with Gasteiger partial charge in [-0.25, -0.2) is 4.68 Å². The highest BCUT2D eigenvalue weighted by Gasteiger charge is 2.17. The van der Waals surface area contributed by atoms with Gasteiger partial charge in [-0.2, -0.15) is 5.10 Å². The first-order chi connectivity index (χ1) is 9.93. The van der Waals surface area contributed by atoms with Gasteiger partial charge in [0.2, 0.25) is 0 Å². The average molecular weight is 285 g/mol. The van der Waals surface area contributed by atoms with Gasteiger partial charge in [-0.05, 0) is 44.4 Å². The third-order valence-electron chi connectivity index (χ3n) is 3.66. The molecule has 4 nitrogen and oxygen atoms in total. The highest BCUT2D eigenvalue weighted by Crippen LogP contribution is 2.22. The molecule has 112 valence electrons. The first-order valence-electron chi connectivity index (χ1n) is 7.35. The molecule has 0 radical (unpaired) electrons. The van der Waals surface area contributed by atoms with Gasteiger partial charge in [0.25, 0.3) is 5.56 Å². The molecule has 1 aromatic heterocycles. The van der Waals surface area contributed by atoms with E-state index in [9.17, 15) is 4.79 Å². The molecule has 0 fully saturated rings. The maximum absolute atomic E-state index is 12.5. The van der Waals surface area contributed by atoms with E-state index in [0.717, 1.165) is 28.8 Å². The highest BCUT2D eigenvalue weighted by atomic mass is 16.1. The van der Waals surface area contributed by atoms with Crippen molar-refractivity contribution in [3.63, 3.8) is 0 Å². The zero-order chi connectivity index (χ0) is 15.6.